The first-order valence-corrected chi connectivity index (χ1v) is 1.93. The van der Waals surface area contributed by atoms with E-state index in [1.54, 1.807) is 0 Å². The van der Waals surface area contributed by atoms with Gasteiger partial charge in [-0.25, -0.2) is 4.39 Å². The Morgan fingerprint density at radius 2 is 2.43 bits per heavy atom. The van der Waals surface area contributed by atoms with Crippen LogP contribution in [0.3, 0.4) is 0 Å². The predicted molar refractivity (Wildman–Crippen MR) is 26.4 cm³/mol. The molecule has 0 heterocycles. The zero-order valence-corrected chi connectivity index (χ0v) is 3.61. The molecule has 0 aliphatic heterocycles. The van der Waals surface area contributed by atoms with E-state index in [2.05, 4.69) is 0 Å². The average molecular weight is 98.1 g/mol. The smallest absolute Gasteiger partial charge is 0.123 e. The van der Waals surface area contributed by atoms with Crippen LogP contribution in [0.25, 0.3) is 0 Å². The fraction of sp³-hybridized carbons (Fsp3) is 0. The van der Waals surface area contributed by atoms with Gasteiger partial charge < -0.3 is 0 Å². The second-order valence-electron chi connectivity index (χ2n) is 1.14. The van der Waals surface area contributed by atoms with Crippen molar-refractivity contribution in [2.45, 2.75) is 0 Å². The van der Waals surface area contributed by atoms with Gasteiger partial charge in [-0.2, -0.15) is 0 Å². The Morgan fingerprint density at radius 1 is 1.57 bits per heavy atom. The molecule has 0 aliphatic rings. The van der Waals surface area contributed by atoms with Gasteiger partial charge in [0.1, 0.15) is 5.82 Å². The summed E-state index contributed by atoms with van der Waals surface area (Å²) in [5, 5.41) is 0. The summed E-state index contributed by atoms with van der Waals surface area (Å²) in [6.45, 7) is 0. The molecule has 0 unspecified atom stereocenters. The zero-order chi connectivity index (χ0) is 6.85. The van der Waals surface area contributed by atoms with Gasteiger partial charge in [0.15, 0.2) is 0 Å². The van der Waals surface area contributed by atoms with Crippen molar-refractivity contribution in [3.05, 3.63) is 36.1 Å². The van der Waals surface area contributed by atoms with Crippen LogP contribution in [0.5, 0.6) is 0 Å². The third-order valence-electron chi connectivity index (χ3n) is 0.619. The minimum Gasteiger partial charge on any atom is -0.207 e. The van der Waals surface area contributed by atoms with Gasteiger partial charge in [0.2, 0.25) is 0 Å². The molecule has 0 aromatic heterocycles. The molecule has 0 aliphatic carbocycles. The lowest BCUT2D eigenvalue weighted by Crippen LogP contribution is -1.63. The summed E-state index contributed by atoms with van der Waals surface area (Å²) < 4.78 is 26.0. The van der Waals surface area contributed by atoms with Gasteiger partial charge >= 0.3 is 0 Å². The topological polar surface area (TPSA) is 0 Å². The second-order valence-corrected chi connectivity index (χ2v) is 1.14. The van der Waals surface area contributed by atoms with Gasteiger partial charge in [-0.3, -0.25) is 0 Å². The number of rotatable bonds is 0. The molecule has 0 spiro atoms. The van der Waals surface area contributed by atoms with E-state index in [4.69, 9.17) is 2.74 Å². The van der Waals surface area contributed by atoms with Crippen LogP contribution in [0.1, 0.15) is 2.74 Å². The van der Waals surface area contributed by atoms with Crippen LogP contribution in [-0.2, 0) is 0 Å². The van der Waals surface area contributed by atoms with E-state index in [0.717, 1.165) is 12.1 Å². The van der Waals surface area contributed by atoms with E-state index >= 15 is 0 Å². The number of hydrogen-bond acceptors (Lipinski definition) is 0. The van der Waals surface area contributed by atoms with E-state index in [9.17, 15) is 4.39 Å². The first-order valence-electron chi connectivity index (χ1n) is 2.93. The van der Waals surface area contributed by atoms with Crippen molar-refractivity contribution in [1.29, 1.82) is 0 Å². The van der Waals surface area contributed by atoms with Crippen LogP contribution in [0, 0.1) is 5.82 Å². The normalized spacial score (nSPS) is 12.7. The van der Waals surface area contributed by atoms with Crippen molar-refractivity contribution in [1.82, 2.24) is 0 Å². The van der Waals surface area contributed by atoms with Crippen molar-refractivity contribution >= 4 is 0 Å². The van der Waals surface area contributed by atoms with Gasteiger partial charge in [0.05, 0.1) is 2.74 Å². The Hall–Kier alpha value is -0.850. The molecule has 0 nitrogen and oxygen atoms in total. The van der Waals surface area contributed by atoms with Crippen LogP contribution in [0.4, 0.5) is 4.39 Å². The molecule has 1 aromatic rings. The largest absolute Gasteiger partial charge is 0.207 e. The third kappa shape index (κ3) is 1.000. The molecule has 0 atom stereocenters. The number of hydrogen-bond donors (Lipinski definition) is 0. The Morgan fingerprint density at radius 3 is 3.00 bits per heavy atom. The van der Waals surface area contributed by atoms with Crippen LogP contribution in [0.15, 0.2) is 30.3 Å². The molecule has 0 amide bonds. The van der Waals surface area contributed by atoms with Crippen LogP contribution in [0.2, 0.25) is 0 Å². The molecule has 7 heavy (non-hydrogen) atoms. The Balaban J connectivity index is 3.17. The quantitative estimate of drug-likeness (QED) is 0.464. The molecule has 36 valence electrons. The lowest BCUT2D eigenvalue weighted by Gasteiger charge is -1.78. The highest BCUT2D eigenvalue weighted by Crippen LogP contribution is 1.91. The monoisotopic (exact) mass is 98.1 g/mol. The van der Waals surface area contributed by atoms with Crippen molar-refractivity contribution in [3.63, 3.8) is 0 Å². The highest BCUT2D eigenvalue weighted by molar-refractivity contribution is 5.02. The van der Waals surface area contributed by atoms with E-state index in [1.165, 1.54) is 6.07 Å². The van der Waals surface area contributed by atoms with E-state index in [-0.39, 0.29) is 12.1 Å². The van der Waals surface area contributed by atoms with Crippen molar-refractivity contribution < 1.29 is 7.13 Å². The Labute approximate surface area is 44.4 Å². The molecule has 0 saturated heterocycles. The minimum absolute atomic E-state index is 0.168. The molecule has 0 fully saturated rings. The predicted octanol–water partition coefficient (Wildman–Crippen LogP) is 1.83. The SMILES string of the molecule is [2H]c1ccc(F)c([2H])c1. The molecule has 0 N–H and O–H groups in total. The number of halogens is 1. The standard InChI is InChI=1S/C6H5F/c7-6-4-2-1-3-5-6/h1-5H/i1D,4D. The van der Waals surface area contributed by atoms with E-state index < -0.39 is 5.82 Å². The van der Waals surface area contributed by atoms with E-state index in [0.29, 0.717) is 0 Å². The van der Waals surface area contributed by atoms with Crippen molar-refractivity contribution in [2.24, 2.45) is 0 Å². The highest BCUT2D eigenvalue weighted by atomic mass is 19.1. The number of benzene rings is 1. The van der Waals surface area contributed by atoms with Gasteiger partial charge in [0.25, 0.3) is 0 Å². The second kappa shape index (κ2) is 1.73. The fourth-order valence-electron chi connectivity index (χ4n) is 0.328. The molecule has 0 bridgehead atoms. The summed E-state index contributed by atoms with van der Waals surface area (Å²) in [6, 6.07) is 3.54. The maximum absolute atomic E-state index is 12.2. The van der Waals surface area contributed by atoms with Gasteiger partial charge in [-0.05, 0) is 12.1 Å². The van der Waals surface area contributed by atoms with Crippen LogP contribution in [-0.4, -0.2) is 0 Å². The lowest BCUT2D eigenvalue weighted by molar-refractivity contribution is 0.628. The van der Waals surface area contributed by atoms with E-state index in [1.807, 2.05) is 0 Å². The molecular formula is C6H5F. The highest BCUT2D eigenvalue weighted by Gasteiger charge is 1.77. The molecule has 1 aromatic carbocycles. The summed E-state index contributed by atoms with van der Waals surface area (Å²) in [7, 11) is 0. The third-order valence-corrected chi connectivity index (χ3v) is 0.619. The summed E-state index contributed by atoms with van der Waals surface area (Å²) in [5.41, 5.74) is 0. The average Bonchev–Trinajstić information content (AvgIpc) is 1.80. The summed E-state index contributed by atoms with van der Waals surface area (Å²) in [4.78, 5) is 0. The maximum Gasteiger partial charge on any atom is 0.123 e. The summed E-state index contributed by atoms with van der Waals surface area (Å²) in [5.74, 6) is -0.578. The first-order chi connectivity index (χ1) is 4.20. The molecule has 0 radical (unpaired) electrons. The summed E-state index contributed by atoms with van der Waals surface area (Å²) >= 11 is 0. The Bertz CT molecular complexity index is 222. The van der Waals surface area contributed by atoms with Gasteiger partial charge in [-0.1, -0.05) is 18.2 Å². The first kappa shape index (κ1) is 2.46. The lowest BCUT2D eigenvalue weighted by atomic mass is 10.4. The molecule has 1 rings (SSSR count). The Kier molecular flexibility index (Phi) is 0.609. The zero-order valence-electron chi connectivity index (χ0n) is 5.61. The van der Waals surface area contributed by atoms with Crippen LogP contribution < -0.4 is 0 Å². The van der Waals surface area contributed by atoms with Crippen molar-refractivity contribution in [2.75, 3.05) is 0 Å². The van der Waals surface area contributed by atoms with Crippen molar-refractivity contribution in [3.8, 4) is 0 Å². The molecule has 1 heteroatoms. The molecule has 0 saturated carbocycles. The van der Waals surface area contributed by atoms with Gasteiger partial charge in [-0.15, -0.1) is 0 Å². The minimum atomic E-state index is -0.578. The fourth-order valence-corrected chi connectivity index (χ4v) is 0.328. The summed E-state index contributed by atoms with van der Waals surface area (Å²) in [6.07, 6.45) is 0. The maximum atomic E-state index is 12.2. The van der Waals surface area contributed by atoms with Crippen LogP contribution >= 0.6 is 0 Å². The van der Waals surface area contributed by atoms with Gasteiger partial charge in [0, 0.05) is 0 Å². The molecular weight excluding hydrogens is 91.1 g/mol.